The third-order valence-corrected chi connectivity index (χ3v) is 4.35. The predicted octanol–water partition coefficient (Wildman–Crippen LogP) is 3.71. The van der Waals surface area contributed by atoms with Crippen molar-refractivity contribution in [1.29, 1.82) is 0 Å². The van der Waals surface area contributed by atoms with Gasteiger partial charge in [-0.2, -0.15) is 5.10 Å². The van der Waals surface area contributed by atoms with Gasteiger partial charge in [-0.3, -0.25) is 9.78 Å². The third-order valence-electron chi connectivity index (χ3n) is 4.35. The van der Waals surface area contributed by atoms with E-state index in [1.807, 2.05) is 59.8 Å². The second kappa shape index (κ2) is 7.75. The lowest BCUT2D eigenvalue weighted by atomic mass is 10.1. The number of carbonyl (C=O) groups excluding carboxylic acids is 1. The highest BCUT2D eigenvalue weighted by Gasteiger charge is 2.23. The van der Waals surface area contributed by atoms with Crippen LogP contribution in [0.25, 0.3) is 5.69 Å². The van der Waals surface area contributed by atoms with Crippen LogP contribution in [0.3, 0.4) is 0 Å². The molecule has 2 heterocycles. The molecule has 0 N–H and O–H groups in total. The molecule has 1 aromatic carbocycles. The fourth-order valence-corrected chi connectivity index (χ4v) is 2.76. The number of aromatic nitrogens is 3. The molecule has 0 spiro atoms. The topological polar surface area (TPSA) is 51.0 Å². The zero-order valence-electron chi connectivity index (χ0n) is 14.5. The molecule has 2 aromatic heterocycles. The first-order valence-corrected chi connectivity index (χ1v) is 8.49. The second-order valence-corrected chi connectivity index (χ2v) is 6.02. The van der Waals surface area contributed by atoms with Gasteiger partial charge in [0.1, 0.15) is 0 Å². The van der Waals surface area contributed by atoms with E-state index in [1.54, 1.807) is 17.1 Å². The molecular weight excluding hydrogens is 312 g/mol. The molecule has 0 aliphatic carbocycles. The minimum atomic E-state index is 0.00398. The highest BCUT2D eigenvalue weighted by atomic mass is 16.2. The zero-order valence-corrected chi connectivity index (χ0v) is 14.5. The molecule has 0 aliphatic rings. The fraction of sp³-hybridized carbons (Fsp3) is 0.250. The standard InChI is InChI=1S/C20H22N4O/c1-3-16(2)23(15-17-8-6-11-21-14-17)20(25)18-9-4-5-10-19(18)24-13-7-12-22-24/h4-14,16H,3,15H2,1-2H3. The van der Waals surface area contributed by atoms with E-state index in [0.29, 0.717) is 12.1 Å². The monoisotopic (exact) mass is 334 g/mol. The molecule has 0 saturated carbocycles. The van der Waals surface area contributed by atoms with E-state index < -0.39 is 0 Å². The van der Waals surface area contributed by atoms with Crippen molar-refractivity contribution in [1.82, 2.24) is 19.7 Å². The van der Waals surface area contributed by atoms with Crippen molar-refractivity contribution in [2.24, 2.45) is 0 Å². The first-order valence-electron chi connectivity index (χ1n) is 8.49. The maximum Gasteiger partial charge on any atom is 0.256 e. The number of nitrogens with zero attached hydrogens (tertiary/aromatic N) is 4. The van der Waals surface area contributed by atoms with Crippen molar-refractivity contribution in [2.75, 3.05) is 0 Å². The van der Waals surface area contributed by atoms with E-state index in [-0.39, 0.29) is 11.9 Å². The van der Waals surface area contributed by atoms with Crippen molar-refractivity contribution in [3.63, 3.8) is 0 Å². The van der Waals surface area contributed by atoms with Crippen LogP contribution in [0, 0.1) is 0 Å². The van der Waals surface area contributed by atoms with Crippen LogP contribution in [0.1, 0.15) is 36.2 Å². The smallest absolute Gasteiger partial charge is 0.256 e. The maximum absolute atomic E-state index is 13.3. The molecule has 5 nitrogen and oxygen atoms in total. The van der Waals surface area contributed by atoms with Gasteiger partial charge in [-0.05, 0) is 43.2 Å². The summed E-state index contributed by atoms with van der Waals surface area (Å²) in [5, 5.41) is 4.27. The summed E-state index contributed by atoms with van der Waals surface area (Å²) >= 11 is 0. The van der Waals surface area contributed by atoms with Crippen molar-refractivity contribution >= 4 is 5.91 Å². The molecule has 0 fully saturated rings. The lowest BCUT2D eigenvalue weighted by Gasteiger charge is -2.29. The Labute approximate surface area is 147 Å². The van der Waals surface area contributed by atoms with E-state index in [2.05, 4.69) is 23.9 Å². The van der Waals surface area contributed by atoms with Gasteiger partial charge in [0.2, 0.25) is 0 Å². The minimum Gasteiger partial charge on any atom is -0.332 e. The van der Waals surface area contributed by atoms with Gasteiger partial charge in [0.15, 0.2) is 0 Å². The molecule has 0 bridgehead atoms. The van der Waals surface area contributed by atoms with Crippen molar-refractivity contribution in [3.8, 4) is 5.69 Å². The molecule has 0 aliphatic heterocycles. The highest BCUT2D eigenvalue weighted by Crippen LogP contribution is 2.20. The Kier molecular flexibility index (Phi) is 5.23. The summed E-state index contributed by atoms with van der Waals surface area (Å²) < 4.78 is 1.73. The Morgan fingerprint density at radius 1 is 1.16 bits per heavy atom. The van der Waals surface area contributed by atoms with Gasteiger partial charge in [0.05, 0.1) is 11.3 Å². The minimum absolute atomic E-state index is 0.00398. The quantitative estimate of drug-likeness (QED) is 0.690. The Morgan fingerprint density at radius 2 is 2.00 bits per heavy atom. The van der Waals surface area contributed by atoms with Gasteiger partial charge >= 0.3 is 0 Å². The van der Waals surface area contributed by atoms with Crippen molar-refractivity contribution in [2.45, 2.75) is 32.9 Å². The van der Waals surface area contributed by atoms with Crippen LogP contribution in [0.4, 0.5) is 0 Å². The van der Waals surface area contributed by atoms with Crippen molar-refractivity contribution in [3.05, 3.63) is 78.4 Å². The molecule has 128 valence electrons. The van der Waals surface area contributed by atoms with Gasteiger partial charge in [-0.25, -0.2) is 4.68 Å². The largest absolute Gasteiger partial charge is 0.332 e. The molecule has 5 heteroatoms. The molecule has 3 aromatic rings. The molecule has 1 atom stereocenters. The van der Waals surface area contributed by atoms with Crippen LogP contribution in [0.5, 0.6) is 0 Å². The first-order chi connectivity index (χ1) is 12.2. The van der Waals surface area contributed by atoms with Gasteiger partial charge in [-0.1, -0.05) is 25.1 Å². The lowest BCUT2D eigenvalue weighted by Crippen LogP contribution is -2.38. The summed E-state index contributed by atoms with van der Waals surface area (Å²) in [6.45, 7) is 4.70. The Hall–Kier alpha value is -2.95. The van der Waals surface area contributed by atoms with Gasteiger partial charge < -0.3 is 4.90 Å². The van der Waals surface area contributed by atoms with E-state index in [4.69, 9.17) is 0 Å². The molecular formula is C20H22N4O. The lowest BCUT2D eigenvalue weighted by molar-refractivity contribution is 0.0671. The van der Waals surface area contributed by atoms with Gasteiger partial charge in [0.25, 0.3) is 5.91 Å². The Balaban J connectivity index is 1.96. The number of pyridine rings is 1. The van der Waals surface area contributed by atoms with Crippen LogP contribution >= 0.6 is 0 Å². The molecule has 0 saturated heterocycles. The Morgan fingerprint density at radius 3 is 2.68 bits per heavy atom. The summed E-state index contributed by atoms with van der Waals surface area (Å²) in [7, 11) is 0. The number of rotatable bonds is 6. The number of hydrogen-bond donors (Lipinski definition) is 0. The summed E-state index contributed by atoms with van der Waals surface area (Å²) in [4.78, 5) is 19.4. The maximum atomic E-state index is 13.3. The highest BCUT2D eigenvalue weighted by molar-refractivity contribution is 5.97. The number of amides is 1. The second-order valence-electron chi connectivity index (χ2n) is 6.02. The summed E-state index contributed by atoms with van der Waals surface area (Å²) in [5.74, 6) is 0.00398. The Bertz CT molecular complexity index is 815. The van der Waals surface area contributed by atoms with Crippen LogP contribution in [-0.2, 0) is 6.54 Å². The third kappa shape index (κ3) is 3.76. The molecule has 3 rings (SSSR count). The normalized spacial score (nSPS) is 11.9. The molecule has 1 unspecified atom stereocenters. The number of benzene rings is 1. The van der Waals surface area contributed by atoms with E-state index >= 15 is 0 Å². The van der Waals surface area contributed by atoms with Crippen LogP contribution in [-0.4, -0.2) is 31.6 Å². The molecule has 25 heavy (non-hydrogen) atoms. The predicted molar refractivity (Wildman–Crippen MR) is 97.4 cm³/mol. The number of para-hydroxylation sites is 1. The number of carbonyl (C=O) groups is 1. The molecule has 0 radical (unpaired) electrons. The van der Waals surface area contributed by atoms with E-state index in [0.717, 1.165) is 17.7 Å². The van der Waals surface area contributed by atoms with Crippen LogP contribution < -0.4 is 0 Å². The summed E-state index contributed by atoms with van der Waals surface area (Å²) in [6.07, 6.45) is 7.99. The van der Waals surface area contributed by atoms with Crippen LogP contribution in [0.2, 0.25) is 0 Å². The van der Waals surface area contributed by atoms with Gasteiger partial charge in [0, 0.05) is 37.4 Å². The summed E-state index contributed by atoms with van der Waals surface area (Å²) in [6, 6.07) is 13.4. The first kappa shape index (κ1) is 16.9. The average molecular weight is 334 g/mol. The molecule has 1 amide bonds. The summed E-state index contributed by atoms with van der Waals surface area (Å²) in [5.41, 5.74) is 2.46. The SMILES string of the molecule is CCC(C)N(Cc1cccnc1)C(=O)c1ccccc1-n1cccn1. The number of hydrogen-bond acceptors (Lipinski definition) is 3. The zero-order chi connectivity index (χ0) is 17.6. The van der Waals surface area contributed by atoms with Gasteiger partial charge in [-0.15, -0.1) is 0 Å². The van der Waals surface area contributed by atoms with Crippen LogP contribution in [0.15, 0.2) is 67.3 Å². The van der Waals surface area contributed by atoms with Crippen molar-refractivity contribution < 1.29 is 4.79 Å². The fourth-order valence-electron chi connectivity index (χ4n) is 2.76. The van der Waals surface area contributed by atoms with E-state index in [9.17, 15) is 4.79 Å². The van der Waals surface area contributed by atoms with E-state index in [1.165, 1.54) is 0 Å². The average Bonchev–Trinajstić information content (AvgIpc) is 3.20.